The van der Waals surface area contributed by atoms with Crippen molar-refractivity contribution in [3.63, 3.8) is 0 Å². The maximum atomic E-state index is 5.87. The highest BCUT2D eigenvalue weighted by Crippen LogP contribution is 2.41. The van der Waals surface area contributed by atoms with E-state index >= 15 is 0 Å². The van der Waals surface area contributed by atoms with Crippen LogP contribution in [0.4, 0.5) is 10.8 Å². The molecule has 1 atom stereocenters. The Morgan fingerprint density at radius 3 is 2.94 bits per heavy atom. The van der Waals surface area contributed by atoms with Gasteiger partial charge in [-0.15, -0.1) is 0 Å². The van der Waals surface area contributed by atoms with Gasteiger partial charge in [0.2, 0.25) is 0 Å². The molecule has 5 heteroatoms. The molecule has 1 aliphatic rings. The van der Waals surface area contributed by atoms with Crippen LogP contribution >= 0.6 is 11.5 Å². The number of nitrogens with zero attached hydrogens (tertiary/aromatic N) is 2. The van der Waals surface area contributed by atoms with Crippen molar-refractivity contribution in [2.24, 2.45) is 5.92 Å². The van der Waals surface area contributed by atoms with Gasteiger partial charge in [-0.05, 0) is 37.7 Å². The SMILES string of the molecule is CCC1CCN(c2snc(N)c2OC(C)C)C1. The molecule has 2 N–H and O–H groups in total. The van der Waals surface area contributed by atoms with Gasteiger partial charge in [-0.3, -0.25) is 0 Å². The van der Waals surface area contributed by atoms with Crippen molar-refractivity contribution in [2.45, 2.75) is 39.7 Å². The molecule has 2 heterocycles. The first-order valence-electron chi connectivity index (χ1n) is 6.28. The summed E-state index contributed by atoms with van der Waals surface area (Å²) in [6, 6.07) is 0. The predicted octanol–water partition coefficient (Wildman–Crippen LogP) is 2.75. The second-order valence-electron chi connectivity index (χ2n) is 4.88. The van der Waals surface area contributed by atoms with Crippen molar-refractivity contribution in [3.8, 4) is 5.75 Å². The first-order valence-corrected chi connectivity index (χ1v) is 7.05. The average molecular weight is 255 g/mol. The van der Waals surface area contributed by atoms with Crippen LogP contribution in [0, 0.1) is 5.92 Å². The van der Waals surface area contributed by atoms with Crippen molar-refractivity contribution in [1.29, 1.82) is 0 Å². The van der Waals surface area contributed by atoms with E-state index in [0.29, 0.717) is 5.82 Å². The molecule has 2 rings (SSSR count). The van der Waals surface area contributed by atoms with Gasteiger partial charge in [0, 0.05) is 13.1 Å². The number of nitrogens with two attached hydrogens (primary N) is 1. The molecule has 0 saturated carbocycles. The van der Waals surface area contributed by atoms with Crippen molar-refractivity contribution < 1.29 is 4.74 Å². The maximum absolute atomic E-state index is 5.87. The first-order chi connectivity index (χ1) is 8.11. The van der Waals surface area contributed by atoms with E-state index in [1.54, 1.807) is 0 Å². The second-order valence-corrected chi connectivity index (χ2v) is 5.63. The lowest BCUT2D eigenvalue weighted by Crippen LogP contribution is -2.20. The fraction of sp³-hybridized carbons (Fsp3) is 0.750. The highest BCUT2D eigenvalue weighted by Gasteiger charge is 2.27. The summed E-state index contributed by atoms with van der Waals surface area (Å²) in [5.41, 5.74) is 5.87. The van der Waals surface area contributed by atoms with Gasteiger partial charge in [-0.1, -0.05) is 13.3 Å². The molecule has 1 aromatic rings. The maximum Gasteiger partial charge on any atom is 0.198 e. The number of hydrogen-bond donors (Lipinski definition) is 1. The summed E-state index contributed by atoms with van der Waals surface area (Å²) in [5, 5.41) is 1.10. The third-order valence-electron chi connectivity index (χ3n) is 3.16. The Hall–Kier alpha value is -0.970. The molecule has 0 amide bonds. The van der Waals surface area contributed by atoms with E-state index in [2.05, 4.69) is 16.2 Å². The molecular formula is C12H21N3OS. The largest absolute Gasteiger partial charge is 0.484 e. The summed E-state index contributed by atoms with van der Waals surface area (Å²) in [4.78, 5) is 2.36. The predicted molar refractivity (Wildman–Crippen MR) is 72.9 cm³/mol. The summed E-state index contributed by atoms with van der Waals surface area (Å²) in [7, 11) is 0. The van der Waals surface area contributed by atoms with Gasteiger partial charge in [0.15, 0.2) is 16.6 Å². The Balaban J connectivity index is 2.15. The molecular weight excluding hydrogens is 234 g/mol. The molecule has 1 saturated heterocycles. The molecule has 4 nitrogen and oxygen atoms in total. The lowest BCUT2D eigenvalue weighted by molar-refractivity contribution is 0.245. The quantitative estimate of drug-likeness (QED) is 0.899. The highest BCUT2D eigenvalue weighted by molar-refractivity contribution is 7.11. The minimum Gasteiger partial charge on any atom is -0.484 e. The van der Waals surface area contributed by atoms with E-state index in [9.17, 15) is 0 Å². The molecule has 1 unspecified atom stereocenters. The Morgan fingerprint density at radius 1 is 1.59 bits per heavy atom. The number of aromatic nitrogens is 1. The van der Waals surface area contributed by atoms with Gasteiger partial charge in [-0.2, -0.15) is 4.37 Å². The second kappa shape index (κ2) is 5.12. The Morgan fingerprint density at radius 2 is 2.35 bits per heavy atom. The first kappa shape index (κ1) is 12.5. The van der Waals surface area contributed by atoms with Crippen LogP contribution in [0.1, 0.15) is 33.6 Å². The molecule has 1 aromatic heterocycles. The Kier molecular flexibility index (Phi) is 3.76. The standard InChI is InChI=1S/C12H21N3OS/c1-4-9-5-6-15(7-9)12-10(16-8(2)3)11(13)14-17-12/h8-9H,4-7H2,1-3H3,(H2,13,14). The minimum absolute atomic E-state index is 0.136. The monoisotopic (exact) mass is 255 g/mol. The number of anilines is 2. The lowest BCUT2D eigenvalue weighted by Gasteiger charge is -2.19. The fourth-order valence-electron chi connectivity index (χ4n) is 2.18. The third-order valence-corrected chi connectivity index (χ3v) is 4.07. The Labute approximate surface area is 107 Å². The van der Waals surface area contributed by atoms with Gasteiger partial charge < -0.3 is 15.4 Å². The minimum atomic E-state index is 0.136. The summed E-state index contributed by atoms with van der Waals surface area (Å²) < 4.78 is 10.00. The number of rotatable bonds is 4. The normalized spacial score (nSPS) is 20.2. The molecule has 0 spiro atoms. The summed E-state index contributed by atoms with van der Waals surface area (Å²) in [6.07, 6.45) is 2.64. The molecule has 0 radical (unpaired) electrons. The van der Waals surface area contributed by atoms with Gasteiger partial charge in [0.1, 0.15) is 0 Å². The molecule has 17 heavy (non-hydrogen) atoms. The third kappa shape index (κ3) is 2.65. The van der Waals surface area contributed by atoms with Crippen LogP contribution < -0.4 is 15.4 Å². The van der Waals surface area contributed by atoms with Crippen LogP contribution in [0.15, 0.2) is 0 Å². The lowest BCUT2D eigenvalue weighted by atomic mass is 10.1. The smallest absolute Gasteiger partial charge is 0.198 e. The van der Waals surface area contributed by atoms with Crippen molar-refractivity contribution in [1.82, 2.24) is 4.37 Å². The molecule has 0 bridgehead atoms. The van der Waals surface area contributed by atoms with E-state index in [-0.39, 0.29) is 6.10 Å². The molecule has 1 fully saturated rings. The van der Waals surface area contributed by atoms with E-state index in [4.69, 9.17) is 10.5 Å². The number of ether oxygens (including phenoxy) is 1. The van der Waals surface area contributed by atoms with Crippen LogP contribution in [0.25, 0.3) is 0 Å². The van der Waals surface area contributed by atoms with Crippen molar-refractivity contribution in [3.05, 3.63) is 0 Å². The van der Waals surface area contributed by atoms with Crippen LogP contribution in [0.3, 0.4) is 0 Å². The van der Waals surface area contributed by atoms with Gasteiger partial charge in [-0.25, -0.2) is 0 Å². The number of hydrogen-bond acceptors (Lipinski definition) is 5. The zero-order valence-electron chi connectivity index (χ0n) is 10.8. The molecule has 0 aromatic carbocycles. The van der Waals surface area contributed by atoms with Gasteiger partial charge in [0.05, 0.1) is 6.10 Å². The summed E-state index contributed by atoms with van der Waals surface area (Å²) in [5.74, 6) is 2.10. The van der Waals surface area contributed by atoms with E-state index in [1.807, 2.05) is 13.8 Å². The highest BCUT2D eigenvalue weighted by atomic mass is 32.1. The van der Waals surface area contributed by atoms with Crippen LogP contribution in [-0.2, 0) is 0 Å². The molecule has 1 aliphatic heterocycles. The summed E-state index contributed by atoms with van der Waals surface area (Å²) in [6.45, 7) is 8.47. The van der Waals surface area contributed by atoms with E-state index < -0.39 is 0 Å². The van der Waals surface area contributed by atoms with E-state index in [1.165, 1.54) is 24.4 Å². The molecule has 96 valence electrons. The van der Waals surface area contributed by atoms with Crippen LogP contribution in [-0.4, -0.2) is 23.6 Å². The van der Waals surface area contributed by atoms with Crippen molar-refractivity contribution >= 4 is 22.4 Å². The topological polar surface area (TPSA) is 51.4 Å². The van der Waals surface area contributed by atoms with Crippen LogP contribution in [0.5, 0.6) is 5.75 Å². The molecule has 0 aliphatic carbocycles. The van der Waals surface area contributed by atoms with Gasteiger partial charge >= 0.3 is 0 Å². The zero-order valence-corrected chi connectivity index (χ0v) is 11.6. The number of nitrogen functional groups attached to an aromatic ring is 1. The van der Waals surface area contributed by atoms with Crippen molar-refractivity contribution in [2.75, 3.05) is 23.7 Å². The van der Waals surface area contributed by atoms with E-state index in [0.717, 1.165) is 29.8 Å². The van der Waals surface area contributed by atoms with Gasteiger partial charge in [0.25, 0.3) is 0 Å². The fourth-order valence-corrected chi connectivity index (χ4v) is 2.97. The van der Waals surface area contributed by atoms with Crippen LogP contribution in [0.2, 0.25) is 0 Å². The zero-order chi connectivity index (χ0) is 12.4. The Bertz CT molecular complexity index is 378. The average Bonchev–Trinajstić information content (AvgIpc) is 2.86. The summed E-state index contributed by atoms with van der Waals surface area (Å²) >= 11 is 1.45.